The summed E-state index contributed by atoms with van der Waals surface area (Å²) >= 11 is 0. The van der Waals surface area contributed by atoms with Gasteiger partial charge in [0.05, 0.1) is 12.9 Å². The summed E-state index contributed by atoms with van der Waals surface area (Å²) in [5, 5.41) is 0. The second kappa shape index (κ2) is 4.96. The summed E-state index contributed by atoms with van der Waals surface area (Å²) in [4.78, 5) is 0. The highest BCUT2D eigenvalue weighted by atomic mass is 32.2. The van der Waals surface area contributed by atoms with Crippen molar-refractivity contribution < 1.29 is 8.95 Å². The summed E-state index contributed by atoms with van der Waals surface area (Å²) in [6, 6.07) is 0. The average molecular weight is 214 g/mol. The molecule has 2 fully saturated rings. The summed E-state index contributed by atoms with van der Waals surface area (Å²) in [6.07, 6.45) is 8.16. The lowest BCUT2D eigenvalue weighted by Gasteiger charge is -2.24. The highest BCUT2D eigenvalue weighted by Crippen LogP contribution is 2.24. The molecule has 2 rings (SSSR count). The van der Waals surface area contributed by atoms with Crippen molar-refractivity contribution in [2.75, 3.05) is 18.1 Å². The minimum Gasteiger partial charge on any atom is -0.501 e. The van der Waals surface area contributed by atoms with Gasteiger partial charge in [0.1, 0.15) is 0 Å². The highest BCUT2D eigenvalue weighted by molar-refractivity contribution is 7.86. The van der Waals surface area contributed by atoms with Crippen LogP contribution in [0.1, 0.15) is 32.1 Å². The lowest BCUT2D eigenvalue weighted by atomic mass is 10.1. The number of allylic oxidation sites excluding steroid dienone is 1. The van der Waals surface area contributed by atoms with Crippen LogP contribution in [0.15, 0.2) is 11.8 Å². The molecule has 0 aromatic carbocycles. The molecular formula is C11H18O2S. The van der Waals surface area contributed by atoms with E-state index >= 15 is 0 Å². The predicted octanol–water partition coefficient (Wildman–Crippen LogP) is 2.23. The molecular weight excluding hydrogens is 196 g/mol. The van der Waals surface area contributed by atoms with Crippen LogP contribution in [0.3, 0.4) is 0 Å². The van der Waals surface area contributed by atoms with Crippen LogP contribution >= 0.6 is 0 Å². The lowest BCUT2D eigenvalue weighted by molar-refractivity contribution is 0.225. The molecule has 0 spiro atoms. The summed E-state index contributed by atoms with van der Waals surface area (Å²) in [5.74, 6) is 2.47. The molecule has 3 heteroatoms. The van der Waals surface area contributed by atoms with Gasteiger partial charge < -0.3 is 4.74 Å². The number of hydrogen-bond donors (Lipinski definition) is 0. The van der Waals surface area contributed by atoms with E-state index in [1.807, 2.05) is 6.26 Å². The van der Waals surface area contributed by atoms with E-state index in [2.05, 4.69) is 0 Å². The first-order valence-corrected chi connectivity index (χ1v) is 6.98. The van der Waals surface area contributed by atoms with Crippen LogP contribution in [0.4, 0.5) is 0 Å². The zero-order valence-electron chi connectivity index (χ0n) is 8.54. The SMILES string of the molecule is O=S1CC(CCOC=C2CCCC2)C1. The maximum absolute atomic E-state index is 10.8. The fraction of sp³-hybridized carbons (Fsp3) is 0.818. The molecule has 0 N–H and O–H groups in total. The molecule has 0 atom stereocenters. The third kappa shape index (κ3) is 2.84. The molecule has 0 aromatic rings. The van der Waals surface area contributed by atoms with E-state index in [4.69, 9.17) is 4.74 Å². The van der Waals surface area contributed by atoms with E-state index in [9.17, 15) is 4.21 Å². The van der Waals surface area contributed by atoms with E-state index in [-0.39, 0.29) is 0 Å². The molecule has 0 aromatic heterocycles. The number of hydrogen-bond acceptors (Lipinski definition) is 2. The van der Waals surface area contributed by atoms with Crippen molar-refractivity contribution in [3.63, 3.8) is 0 Å². The summed E-state index contributed by atoms with van der Waals surface area (Å²) in [5.41, 5.74) is 1.47. The molecule has 0 bridgehead atoms. The Morgan fingerprint density at radius 1 is 1.36 bits per heavy atom. The van der Waals surface area contributed by atoms with Crippen molar-refractivity contribution >= 4 is 10.8 Å². The zero-order chi connectivity index (χ0) is 9.80. The van der Waals surface area contributed by atoms with Gasteiger partial charge in [-0.05, 0) is 43.6 Å². The maximum atomic E-state index is 10.8. The minimum absolute atomic E-state index is 0.500. The molecule has 1 saturated heterocycles. The molecule has 14 heavy (non-hydrogen) atoms. The van der Waals surface area contributed by atoms with Gasteiger partial charge in [-0.15, -0.1) is 0 Å². The topological polar surface area (TPSA) is 26.3 Å². The Morgan fingerprint density at radius 3 is 2.71 bits per heavy atom. The Labute approximate surface area is 88.2 Å². The van der Waals surface area contributed by atoms with Gasteiger partial charge in [0.15, 0.2) is 0 Å². The van der Waals surface area contributed by atoms with Crippen LogP contribution in [0.2, 0.25) is 0 Å². The molecule has 2 aliphatic rings. The average Bonchev–Trinajstić information content (AvgIpc) is 2.61. The van der Waals surface area contributed by atoms with E-state index in [1.54, 1.807) is 0 Å². The second-order valence-electron chi connectivity index (χ2n) is 4.28. The van der Waals surface area contributed by atoms with Gasteiger partial charge in [-0.25, -0.2) is 0 Å². The molecule has 1 aliphatic heterocycles. The fourth-order valence-electron chi connectivity index (χ4n) is 2.00. The Hall–Kier alpha value is -0.310. The van der Waals surface area contributed by atoms with Crippen LogP contribution < -0.4 is 0 Å². The Kier molecular flexibility index (Phi) is 3.62. The van der Waals surface area contributed by atoms with Crippen LogP contribution in [-0.2, 0) is 15.5 Å². The van der Waals surface area contributed by atoms with E-state index in [0.717, 1.165) is 24.5 Å². The molecule has 2 nitrogen and oxygen atoms in total. The van der Waals surface area contributed by atoms with Gasteiger partial charge in [-0.1, -0.05) is 0 Å². The van der Waals surface area contributed by atoms with Crippen molar-refractivity contribution in [3.05, 3.63) is 11.8 Å². The Morgan fingerprint density at radius 2 is 2.07 bits per heavy atom. The monoisotopic (exact) mass is 214 g/mol. The van der Waals surface area contributed by atoms with Crippen molar-refractivity contribution in [1.82, 2.24) is 0 Å². The van der Waals surface area contributed by atoms with Gasteiger partial charge in [0, 0.05) is 22.3 Å². The minimum atomic E-state index is -0.500. The molecule has 1 aliphatic carbocycles. The van der Waals surface area contributed by atoms with Crippen molar-refractivity contribution in [2.45, 2.75) is 32.1 Å². The number of ether oxygens (including phenoxy) is 1. The van der Waals surface area contributed by atoms with Crippen LogP contribution in [0.5, 0.6) is 0 Å². The van der Waals surface area contributed by atoms with Crippen molar-refractivity contribution in [3.8, 4) is 0 Å². The van der Waals surface area contributed by atoms with Gasteiger partial charge in [-0.3, -0.25) is 4.21 Å². The normalized spacial score (nSPS) is 31.3. The molecule has 0 unspecified atom stereocenters. The molecule has 1 saturated carbocycles. The molecule has 0 radical (unpaired) electrons. The van der Waals surface area contributed by atoms with E-state index in [1.165, 1.54) is 31.3 Å². The van der Waals surface area contributed by atoms with Gasteiger partial charge in [-0.2, -0.15) is 0 Å². The standard InChI is InChI=1S/C11H18O2S/c12-14-8-11(9-14)5-6-13-7-10-3-1-2-4-10/h7,11H,1-6,8-9H2. The summed E-state index contributed by atoms with van der Waals surface area (Å²) in [6.45, 7) is 0.811. The Balaban J connectivity index is 1.54. The maximum Gasteiger partial charge on any atom is 0.0876 e. The van der Waals surface area contributed by atoms with Gasteiger partial charge in [0.25, 0.3) is 0 Å². The highest BCUT2D eigenvalue weighted by Gasteiger charge is 2.24. The van der Waals surface area contributed by atoms with E-state index < -0.39 is 10.8 Å². The Bertz CT molecular complexity index is 232. The smallest absolute Gasteiger partial charge is 0.0876 e. The van der Waals surface area contributed by atoms with Crippen molar-refractivity contribution in [1.29, 1.82) is 0 Å². The number of rotatable bonds is 4. The van der Waals surface area contributed by atoms with Gasteiger partial charge >= 0.3 is 0 Å². The van der Waals surface area contributed by atoms with Crippen LogP contribution in [0, 0.1) is 5.92 Å². The molecule has 0 amide bonds. The predicted molar refractivity (Wildman–Crippen MR) is 58.5 cm³/mol. The third-order valence-corrected chi connectivity index (χ3v) is 4.67. The van der Waals surface area contributed by atoms with Gasteiger partial charge in [0.2, 0.25) is 0 Å². The van der Waals surface area contributed by atoms with Crippen LogP contribution in [-0.4, -0.2) is 22.3 Å². The fourth-order valence-corrected chi connectivity index (χ4v) is 3.29. The molecule has 80 valence electrons. The third-order valence-electron chi connectivity index (χ3n) is 2.98. The zero-order valence-corrected chi connectivity index (χ0v) is 9.35. The van der Waals surface area contributed by atoms with E-state index in [0.29, 0.717) is 5.92 Å². The quantitative estimate of drug-likeness (QED) is 0.530. The van der Waals surface area contributed by atoms with Crippen molar-refractivity contribution in [2.24, 2.45) is 5.92 Å². The second-order valence-corrected chi connectivity index (χ2v) is 5.83. The first kappa shape index (κ1) is 10.2. The first-order valence-electron chi connectivity index (χ1n) is 5.49. The summed E-state index contributed by atoms with van der Waals surface area (Å²) in [7, 11) is -0.500. The molecule has 1 heterocycles. The van der Waals surface area contributed by atoms with Crippen LogP contribution in [0.25, 0.3) is 0 Å². The summed E-state index contributed by atoms with van der Waals surface area (Å²) < 4.78 is 16.3. The first-order chi connectivity index (χ1) is 6.84. The largest absolute Gasteiger partial charge is 0.501 e. The lowest BCUT2D eigenvalue weighted by Crippen LogP contribution is -2.31.